The fraction of sp³-hybridized carbons (Fsp3) is 0.412. The number of aromatic nitrogens is 2. The van der Waals surface area contributed by atoms with Gasteiger partial charge in [0, 0.05) is 25.7 Å². The van der Waals surface area contributed by atoms with E-state index in [0.29, 0.717) is 31.1 Å². The zero-order valence-electron chi connectivity index (χ0n) is 12.2. The number of hydrogen-bond donors (Lipinski definition) is 1. The first kappa shape index (κ1) is 14.0. The van der Waals surface area contributed by atoms with Gasteiger partial charge in [0.25, 0.3) is 0 Å². The van der Waals surface area contributed by atoms with E-state index in [4.69, 9.17) is 5.73 Å². The van der Waals surface area contributed by atoms with Gasteiger partial charge in [0.1, 0.15) is 5.69 Å². The van der Waals surface area contributed by atoms with Crippen molar-refractivity contribution in [2.75, 3.05) is 6.54 Å². The fourth-order valence-corrected chi connectivity index (χ4v) is 3.17. The van der Waals surface area contributed by atoms with Gasteiger partial charge in [-0.3, -0.25) is 4.79 Å². The monoisotopic (exact) mass is 283 g/mol. The molecule has 4 heteroatoms. The number of rotatable bonds is 5. The average molecular weight is 283 g/mol. The van der Waals surface area contributed by atoms with Crippen LogP contribution in [0.2, 0.25) is 0 Å². The summed E-state index contributed by atoms with van der Waals surface area (Å²) in [7, 11) is 0. The van der Waals surface area contributed by atoms with Gasteiger partial charge >= 0.3 is 0 Å². The maximum Gasteiger partial charge on any atom is 0.183 e. The Hall–Kier alpha value is -1.94. The lowest BCUT2D eigenvalue weighted by molar-refractivity contribution is 0.0966. The second-order valence-corrected chi connectivity index (χ2v) is 5.70. The summed E-state index contributed by atoms with van der Waals surface area (Å²) in [5, 5.41) is 0. The number of fused-ring (bicyclic) bond motifs is 1. The summed E-state index contributed by atoms with van der Waals surface area (Å²) in [5.74, 6) is 0.467. The molecule has 0 saturated heterocycles. The van der Waals surface area contributed by atoms with Crippen molar-refractivity contribution in [2.45, 2.75) is 38.1 Å². The van der Waals surface area contributed by atoms with Gasteiger partial charge in [-0.05, 0) is 36.3 Å². The van der Waals surface area contributed by atoms with Crippen LogP contribution in [0.25, 0.3) is 0 Å². The highest BCUT2D eigenvalue weighted by molar-refractivity contribution is 5.94. The smallest absolute Gasteiger partial charge is 0.183 e. The first-order valence-corrected chi connectivity index (χ1v) is 7.61. The predicted octanol–water partition coefficient (Wildman–Crippen LogP) is 2.53. The number of hydrogen-bond acceptors (Lipinski definition) is 3. The Labute approximate surface area is 125 Å². The summed E-state index contributed by atoms with van der Waals surface area (Å²) >= 11 is 0. The molecule has 1 aromatic heterocycles. The van der Waals surface area contributed by atoms with E-state index in [9.17, 15) is 4.79 Å². The summed E-state index contributed by atoms with van der Waals surface area (Å²) in [4.78, 5) is 16.6. The standard InChI is InChI=1S/C17H21N3O/c18-8-9-20-11-16(19-12-20)17(21)10-14-6-3-5-13-4-1-2-7-15(13)14/h1-2,4,7,11-12,14H,3,5-6,8-10,18H2. The number of nitrogens with two attached hydrogens (primary N) is 1. The predicted molar refractivity (Wildman–Crippen MR) is 82.3 cm³/mol. The highest BCUT2D eigenvalue weighted by Gasteiger charge is 2.23. The van der Waals surface area contributed by atoms with Gasteiger partial charge in [-0.25, -0.2) is 4.98 Å². The second-order valence-electron chi connectivity index (χ2n) is 5.70. The fourth-order valence-electron chi connectivity index (χ4n) is 3.17. The van der Waals surface area contributed by atoms with Crippen molar-refractivity contribution < 1.29 is 4.79 Å². The molecule has 2 aromatic rings. The molecule has 2 N–H and O–H groups in total. The van der Waals surface area contributed by atoms with Gasteiger partial charge in [-0.1, -0.05) is 24.3 Å². The Morgan fingerprint density at radius 2 is 2.24 bits per heavy atom. The van der Waals surface area contributed by atoms with Crippen molar-refractivity contribution in [3.63, 3.8) is 0 Å². The third kappa shape index (κ3) is 3.05. The maximum absolute atomic E-state index is 12.4. The number of imidazole rings is 1. The SMILES string of the molecule is NCCn1cnc(C(=O)CC2CCCc3ccccc32)c1. The van der Waals surface area contributed by atoms with Crippen LogP contribution in [0.3, 0.4) is 0 Å². The van der Waals surface area contributed by atoms with Crippen LogP contribution < -0.4 is 5.73 Å². The number of ketones is 1. The van der Waals surface area contributed by atoms with E-state index in [1.54, 1.807) is 6.33 Å². The third-order valence-electron chi connectivity index (χ3n) is 4.23. The zero-order chi connectivity index (χ0) is 14.7. The maximum atomic E-state index is 12.4. The van der Waals surface area contributed by atoms with E-state index < -0.39 is 0 Å². The van der Waals surface area contributed by atoms with E-state index in [0.717, 1.165) is 19.3 Å². The van der Waals surface area contributed by atoms with Crippen LogP contribution in [-0.4, -0.2) is 21.9 Å². The van der Waals surface area contributed by atoms with Crippen molar-refractivity contribution >= 4 is 5.78 Å². The number of benzene rings is 1. The lowest BCUT2D eigenvalue weighted by Gasteiger charge is -2.24. The topological polar surface area (TPSA) is 60.9 Å². The summed E-state index contributed by atoms with van der Waals surface area (Å²) in [6.45, 7) is 1.26. The lowest BCUT2D eigenvalue weighted by Crippen LogP contribution is -2.14. The minimum atomic E-state index is 0.132. The van der Waals surface area contributed by atoms with E-state index in [1.807, 2.05) is 10.8 Å². The molecule has 4 nitrogen and oxygen atoms in total. The highest BCUT2D eigenvalue weighted by Crippen LogP contribution is 2.34. The molecule has 1 aliphatic rings. The molecule has 0 spiro atoms. The molecule has 0 aliphatic heterocycles. The molecule has 0 bridgehead atoms. The minimum absolute atomic E-state index is 0.132. The molecule has 21 heavy (non-hydrogen) atoms. The van der Waals surface area contributed by atoms with Crippen LogP contribution in [-0.2, 0) is 13.0 Å². The Balaban J connectivity index is 1.73. The molecule has 1 atom stereocenters. The zero-order valence-corrected chi connectivity index (χ0v) is 12.2. The van der Waals surface area contributed by atoms with Gasteiger partial charge in [-0.2, -0.15) is 0 Å². The Bertz CT molecular complexity index is 632. The van der Waals surface area contributed by atoms with Crippen molar-refractivity contribution in [3.8, 4) is 0 Å². The molecule has 0 fully saturated rings. The van der Waals surface area contributed by atoms with Crippen LogP contribution in [0.4, 0.5) is 0 Å². The van der Waals surface area contributed by atoms with Gasteiger partial charge in [0.05, 0.1) is 6.33 Å². The minimum Gasteiger partial charge on any atom is -0.335 e. The first-order chi connectivity index (χ1) is 10.3. The van der Waals surface area contributed by atoms with Crippen LogP contribution >= 0.6 is 0 Å². The quantitative estimate of drug-likeness (QED) is 0.858. The number of aryl methyl sites for hydroxylation is 1. The average Bonchev–Trinajstić information content (AvgIpc) is 2.97. The first-order valence-electron chi connectivity index (χ1n) is 7.61. The Morgan fingerprint density at radius 3 is 3.10 bits per heavy atom. The number of carbonyl (C=O) groups excluding carboxylic acids is 1. The number of Topliss-reactive ketones (excluding diaryl/α,β-unsaturated/α-hetero) is 1. The number of nitrogens with zero attached hydrogens (tertiary/aromatic N) is 2. The largest absolute Gasteiger partial charge is 0.335 e. The van der Waals surface area contributed by atoms with Crippen molar-refractivity contribution in [2.24, 2.45) is 5.73 Å². The molecule has 110 valence electrons. The Kier molecular flexibility index (Phi) is 4.15. The Morgan fingerprint density at radius 1 is 1.38 bits per heavy atom. The van der Waals surface area contributed by atoms with Gasteiger partial charge in [0.15, 0.2) is 5.78 Å². The molecular formula is C17H21N3O. The summed E-state index contributed by atoms with van der Waals surface area (Å²) in [6, 6.07) is 8.50. The molecule has 1 heterocycles. The summed E-state index contributed by atoms with van der Waals surface area (Å²) < 4.78 is 1.88. The second kappa shape index (κ2) is 6.22. The highest BCUT2D eigenvalue weighted by atomic mass is 16.1. The van der Waals surface area contributed by atoms with Crippen LogP contribution in [0.5, 0.6) is 0 Å². The number of carbonyl (C=O) groups is 1. The molecule has 0 radical (unpaired) electrons. The summed E-state index contributed by atoms with van der Waals surface area (Å²) in [5.41, 5.74) is 8.82. The van der Waals surface area contributed by atoms with E-state index in [2.05, 4.69) is 29.2 Å². The van der Waals surface area contributed by atoms with Crippen molar-refractivity contribution in [1.82, 2.24) is 9.55 Å². The normalized spacial score (nSPS) is 17.5. The van der Waals surface area contributed by atoms with E-state index >= 15 is 0 Å². The van der Waals surface area contributed by atoms with Crippen molar-refractivity contribution in [3.05, 3.63) is 53.6 Å². The van der Waals surface area contributed by atoms with E-state index in [-0.39, 0.29) is 5.78 Å². The van der Waals surface area contributed by atoms with Crippen LogP contribution in [0, 0.1) is 0 Å². The molecule has 1 aliphatic carbocycles. The molecule has 1 unspecified atom stereocenters. The molecule has 1 aromatic carbocycles. The molecular weight excluding hydrogens is 262 g/mol. The lowest BCUT2D eigenvalue weighted by atomic mass is 9.80. The van der Waals surface area contributed by atoms with Crippen LogP contribution in [0.1, 0.15) is 46.8 Å². The summed E-state index contributed by atoms with van der Waals surface area (Å²) in [6.07, 6.45) is 7.43. The van der Waals surface area contributed by atoms with Gasteiger partial charge in [0.2, 0.25) is 0 Å². The van der Waals surface area contributed by atoms with E-state index in [1.165, 1.54) is 11.1 Å². The molecule has 0 amide bonds. The van der Waals surface area contributed by atoms with Crippen molar-refractivity contribution in [1.29, 1.82) is 0 Å². The molecule has 3 rings (SSSR count). The molecule has 0 saturated carbocycles. The van der Waals surface area contributed by atoms with Crippen LogP contribution in [0.15, 0.2) is 36.8 Å². The van der Waals surface area contributed by atoms with Gasteiger partial charge in [-0.15, -0.1) is 0 Å². The van der Waals surface area contributed by atoms with Gasteiger partial charge < -0.3 is 10.3 Å². The third-order valence-corrected chi connectivity index (χ3v) is 4.23.